The number of hydrogen-bond acceptors (Lipinski definition) is 3. The van der Waals surface area contributed by atoms with Gasteiger partial charge in [-0.25, -0.2) is 4.79 Å². The highest BCUT2D eigenvalue weighted by molar-refractivity contribution is 5.83. The highest BCUT2D eigenvalue weighted by Crippen LogP contribution is 2.37. The first-order valence-electron chi connectivity index (χ1n) is 4.33. The minimum atomic E-state index is -4.92. The Kier molecular flexibility index (Phi) is 3.23. The van der Waals surface area contributed by atoms with Crippen LogP contribution in [0.25, 0.3) is 0 Å². The summed E-state index contributed by atoms with van der Waals surface area (Å²) in [6.07, 6.45) is -4.92. The minimum Gasteiger partial charge on any atom is -0.467 e. The quantitative estimate of drug-likeness (QED) is 0.789. The number of methoxy groups -OCH3 is 1. The second-order valence-corrected chi connectivity index (χ2v) is 3.16. The van der Waals surface area contributed by atoms with Gasteiger partial charge in [0.1, 0.15) is 0 Å². The standard InChI is InChI=1S/C10H10F3NO2/c1-16-8(15)9(14,10(11,12)13)7-5-3-2-4-6-7/h2-6H,14H2,1H3. The predicted molar refractivity (Wildman–Crippen MR) is 50.4 cm³/mol. The fraction of sp³-hybridized carbons (Fsp3) is 0.300. The largest absolute Gasteiger partial charge is 0.467 e. The van der Waals surface area contributed by atoms with Gasteiger partial charge < -0.3 is 10.5 Å². The van der Waals surface area contributed by atoms with Crippen molar-refractivity contribution in [2.75, 3.05) is 7.11 Å². The van der Waals surface area contributed by atoms with Gasteiger partial charge >= 0.3 is 12.1 Å². The summed E-state index contributed by atoms with van der Waals surface area (Å²) in [5.74, 6) is -1.54. The molecule has 1 aromatic carbocycles. The normalized spacial score (nSPS) is 15.3. The molecule has 0 aliphatic heterocycles. The average Bonchev–Trinajstić information content (AvgIpc) is 2.26. The van der Waals surface area contributed by atoms with Crippen LogP contribution in [0, 0.1) is 0 Å². The maximum atomic E-state index is 12.8. The molecule has 0 amide bonds. The van der Waals surface area contributed by atoms with Crippen LogP contribution < -0.4 is 5.73 Å². The number of carbonyl (C=O) groups is 1. The maximum absolute atomic E-state index is 12.8. The van der Waals surface area contributed by atoms with Crippen LogP contribution in [0.2, 0.25) is 0 Å². The smallest absolute Gasteiger partial charge is 0.421 e. The number of benzene rings is 1. The van der Waals surface area contributed by atoms with Crippen LogP contribution >= 0.6 is 0 Å². The average molecular weight is 233 g/mol. The zero-order valence-electron chi connectivity index (χ0n) is 8.41. The lowest BCUT2D eigenvalue weighted by Gasteiger charge is -2.29. The van der Waals surface area contributed by atoms with Crippen LogP contribution in [0.5, 0.6) is 0 Å². The van der Waals surface area contributed by atoms with Crippen molar-refractivity contribution in [1.29, 1.82) is 0 Å². The topological polar surface area (TPSA) is 52.3 Å². The van der Waals surface area contributed by atoms with E-state index in [1.807, 2.05) is 0 Å². The first-order chi connectivity index (χ1) is 7.34. The van der Waals surface area contributed by atoms with Crippen molar-refractivity contribution in [2.45, 2.75) is 11.7 Å². The third-order valence-corrected chi connectivity index (χ3v) is 2.18. The van der Waals surface area contributed by atoms with E-state index >= 15 is 0 Å². The molecule has 6 heteroatoms. The molecule has 0 fully saturated rings. The molecule has 0 saturated heterocycles. The number of carbonyl (C=O) groups excluding carboxylic acids is 1. The second-order valence-electron chi connectivity index (χ2n) is 3.16. The van der Waals surface area contributed by atoms with E-state index in [4.69, 9.17) is 5.73 Å². The summed E-state index contributed by atoms with van der Waals surface area (Å²) in [6, 6.07) is 6.52. The number of rotatable bonds is 2. The lowest BCUT2D eigenvalue weighted by Crippen LogP contribution is -2.57. The maximum Gasteiger partial charge on any atom is 0.421 e. The van der Waals surface area contributed by atoms with Crippen LogP contribution in [-0.4, -0.2) is 19.3 Å². The zero-order chi connectivity index (χ0) is 12.4. The van der Waals surface area contributed by atoms with Crippen LogP contribution in [-0.2, 0) is 15.1 Å². The van der Waals surface area contributed by atoms with E-state index in [0.717, 1.165) is 19.2 Å². The molecule has 1 aromatic rings. The van der Waals surface area contributed by atoms with Crippen molar-refractivity contribution >= 4 is 5.97 Å². The molecule has 16 heavy (non-hydrogen) atoms. The summed E-state index contributed by atoms with van der Waals surface area (Å²) in [6.45, 7) is 0. The lowest BCUT2D eigenvalue weighted by atomic mass is 9.90. The summed E-state index contributed by atoms with van der Waals surface area (Å²) in [4.78, 5) is 11.2. The van der Waals surface area contributed by atoms with Crippen LogP contribution in [0.1, 0.15) is 5.56 Å². The first-order valence-corrected chi connectivity index (χ1v) is 4.33. The number of nitrogens with two attached hydrogens (primary N) is 1. The molecular formula is C10H10F3NO2. The monoisotopic (exact) mass is 233 g/mol. The van der Waals surface area contributed by atoms with Crippen molar-refractivity contribution < 1.29 is 22.7 Å². The summed E-state index contributed by atoms with van der Waals surface area (Å²) in [5.41, 5.74) is 1.68. The molecule has 88 valence electrons. The Morgan fingerprint density at radius 2 is 1.75 bits per heavy atom. The highest BCUT2D eigenvalue weighted by Gasteiger charge is 2.60. The Labute approximate surface area is 90.0 Å². The fourth-order valence-electron chi connectivity index (χ4n) is 1.26. The van der Waals surface area contributed by atoms with Crippen molar-refractivity contribution in [3.05, 3.63) is 35.9 Å². The zero-order valence-corrected chi connectivity index (χ0v) is 8.41. The molecule has 3 nitrogen and oxygen atoms in total. The van der Waals surface area contributed by atoms with Gasteiger partial charge in [0.25, 0.3) is 0 Å². The number of hydrogen-bond donors (Lipinski definition) is 1. The Morgan fingerprint density at radius 3 is 2.12 bits per heavy atom. The number of alkyl halides is 3. The SMILES string of the molecule is COC(=O)C(N)(c1ccccc1)C(F)(F)F. The van der Waals surface area contributed by atoms with E-state index in [9.17, 15) is 18.0 Å². The van der Waals surface area contributed by atoms with Crippen LogP contribution in [0.3, 0.4) is 0 Å². The third kappa shape index (κ3) is 1.88. The molecule has 0 bridgehead atoms. The second kappa shape index (κ2) is 4.13. The van der Waals surface area contributed by atoms with Gasteiger partial charge in [0, 0.05) is 0 Å². The Morgan fingerprint density at radius 1 is 1.25 bits per heavy atom. The van der Waals surface area contributed by atoms with E-state index in [1.54, 1.807) is 0 Å². The summed E-state index contributed by atoms with van der Waals surface area (Å²) < 4.78 is 42.5. The van der Waals surface area contributed by atoms with Crippen molar-refractivity contribution in [3.63, 3.8) is 0 Å². The van der Waals surface area contributed by atoms with Gasteiger partial charge in [0.05, 0.1) is 7.11 Å². The summed E-state index contributed by atoms with van der Waals surface area (Å²) >= 11 is 0. The molecule has 1 atom stereocenters. The third-order valence-electron chi connectivity index (χ3n) is 2.18. The Balaban J connectivity index is 3.32. The van der Waals surface area contributed by atoms with E-state index < -0.39 is 17.7 Å². The molecule has 0 aliphatic carbocycles. The molecule has 1 unspecified atom stereocenters. The minimum absolute atomic E-state index is 0.352. The van der Waals surface area contributed by atoms with Gasteiger partial charge in [-0.3, -0.25) is 0 Å². The summed E-state index contributed by atoms with van der Waals surface area (Å²) in [5, 5.41) is 0. The van der Waals surface area contributed by atoms with E-state index in [1.165, 1.54) is 18.2 Å². The van der Waals surface area contributed by atoms with Gasteiger partial charge in [-0.15, -0.1) is 0 Å². The molecule has 0 radical (unpaired) electrons. The van der Waals surface area contributed by atoms with Gasteiger partial charge in [-0.1, -0.05) is 30.3 Å². The number of ether oxygens (including phenoxy) is 1. The van der Waals surface area contributed by atoms with Gasteiger partial charge in [0.15, 0.2) is 0 Å². The van der Waals surface area contributed by atoms with Gasteiger partial charge in [-0.2, -0.15) is 13.2 Å². The van der Waals surface area contributed by atoms with E-state index in [-0.39, 0.29) is 5.56 Å². The lowest BCUT2D eigenvalue weighted by molar-refractivity contribution is -0.206. The molecule has 0 heterocycles. The van der Waals surface area contributed by atoms with Crippen LogP contribution in [0.15, 0.2) is 30.3 Å². The predicted octanol–water partition coefficient (Wildman–Crippen LogP) is 1.58. The molecule has 0 saturated carbocycles. The van der Waals surface area contributed by atoms with Crippen molar-refractivity contribution in [3.8, 4) is 0 Å². The highest BCUT2D eigenvalue weighted by atomic mass is 19.4. The molecule has 0 spiro atoms. The van der Waals surface area contributed by atoms with E-state index in [0.29, 0.717) is 0 Å². The Hall–Kier alpha value is -1.56. The van der Waals surface area contributed by atoms with E-state index in [2.05, 4.69) is 4.74 Å². The van der Waals surface area contributed by atoms with Gasteiger partial charge in [0.2, 0.25) is 5.54 Å². The number of halogens is 3. The number of esters is 1. The summed E-state index contributed by atoms with van der Waals surface area (Å²) in [7, 11) is 0.860. The first kappa shape index (κ1) is 12.5. The molecular weight excluding hydrogens is 223 g/mol. The molecule has 1 rings (SSSR count). The fourth-order valence-corrected chi connectivity index (χ4v) is 1.26. The van der Waals surface area contributed by atoms with Crippen molar-refractivity contribution in [1.82, 2.24) is 0 Å². The molecule has 0 aromatic heterocycles. The van der Waals surface area contributed by atoms with Gasteiger partial charge in [-0.05, 0) is 5.56 Å². The van der Waals surface area contributed by atoms with Crippen molar-refractivity contribution in [2.24, 2.45) is 5.73 Å². The van der Waals surface area contributed by atoms with Crippen LogP contribution in [0.4, 0.5) is 13.2 Å². The molecule has 2 N–H and O–H groups in total. The molecule has 0 aliphatic rings. The Bertz CT molecular complexity index is 377.